The van der Waals surface area contributed by atoms with Crippen LogP contribution in [0.1, 0.15) is 23.2 Å². The van der Waals surface area contributed by atoms with Crippen LogP contribution >= 0.6 is 0 Å². The van der Waals surface area contributed by atoms with Crippen LogP contribution in [0.2, 0.25) is 0 Å². The lowest BCUT2D eigenvalue weighted by Crippen LogP contribution is -2.46. The summed E-state index contributed by atoms with van der Waals surface area (Å²) in [6, 6.07) is 16.1. The Labute approximate surface area is 197 Å². The molecule has 0 radical (unpaired) electrons. The van der Waals surface area contributed by atoms with Gasteiger partial charge in [-0.3, -0.25) is 9.69 Å². The molecule has 0 aromatic heterocycles. The Kier molecular flexibility index (Phi) is 8.09. The van der Waals surface area contributed by atoms with Gasteiger partial charge in [0.25, 0.3) is 5.91 Å². The molecule has 0 aliphatic carbocycles. The van der Waals surface area contributed by atoms with Gasteiger partial charge in [-0.2, -0.15) is 0 Å². The first-order valence-electron chi connectivity index (χ1n) is 11.8. The van der Waals surface area contributed by atoms with Gasteiger partial charge in [0.15, 0.2) is 0 Å². The smallest absolute Gasteiger partial charge is 0.312 e. The van der Waals surface area contributed by atoms with E-state index >= 15 is 0 Å². The fraction of sp³-hybridized carbons (Fsp3) is 0.346. The van der Waals surface area contributed by atoms with Crippen molar-refractivity contribution in [3.8, 4) is 5.75 Å². The van der Waals surface area contributed by atoms with Crippen molar-refractivity contribution >= 4 is 23.9 Å². The van der Waals surface area contributed by atoms with Crippen molar-refractivity contribution in [3.05, 3.63) is 78.4 Å². The molecule has 4 rings (SSSR count). The first kappa shape index (κ1) is 23.0. The number of carbonyl (C=O) groups excluding carboxylic acids is 1. The molecule has 2 aliphatic heterocycles. The molecule has 172 valence electrons. The van der Waals surface area contributed by atoms with Crippen LogP contribution in [0.3, 0.4) is 0 Å². The number of amides is 1. The van der Waals surface area contributed by atoms with E-state index in [4.69, 9.17) is 4.74 Å². The second kappa shape index (κ2) is 11.6. The van der Waals surface area contributed by atoms with Crippen LogP contribution in [0.15, 0.2) is 72.9 Å². The van der Waals surface area contributed by atoms with Gasteiger partial charge in [0, 0.05) is 38.3 Å². The van der Waals surface area contributed by atoms with Crippen molar-refractivity contribution in [1.29, 1.82) is 0 Å². The number of benzene rings is 2. The molecule has 0 bridgehead atoms. The molecule has 0 saturated carbocycles. The molecule has 7 heteroatoms. The van der Waals surface area contributed by atoms with Crippen LogP contribution < -0.4 is 25.6 Å². The first-order valence-corrected chi connectivity index (χ1v) is 11.8. The van der Waals surface area contributed by atoms with Crippen molar-refractivity contribution in [2.75, 3.05) is 51.3 Å². The van der Waals surface area contributed by atoms with Crippen molar-refractivity contribution in [3.63, 3.8) is 0 Å². The molecule has 2 aliphatic rings. The molecule has 1 fully saturated rings. The third kappa shape index (κ3) is 6.20. The number of hydrogen-bond donors (Lipinski definition) is 2. The summed E-state index contributed by atoms with van der Waals surface area (Å²) in [4.78, 5) is 17.4. The van der Waals surface area contributed by atoms with Crippen molar-refractivity contribution in [2.24, 2.45) is 0 Å². The fourth-order valence-electron chi connectivity index (χ4n) is 4.36. The summed E-state index contributed by atoms with van der Waals surface area (Å²) < 4.78 is 5.50. The van der Waals surface area contributed by atoms with Crippen molar-refractivity contribution in [2.45, 2.75) is 12.8 Å². The molecule has 0 atom stereocenters. The van der Waals surface area contributed by atoms with E-state index in [-0.39, 0.29) is 12.8 Å². The molecule has 0 spiro atoms. The lowest BCUT2D eigenvalue weighted by atomic mass is 9.55. The summed E-state index contributed by atoms with van der Waals surface area (Å²) in [5, 5.41) is 6.35. The summed E-state index contributed by atoms with van der Waals surface area (Å²) >= 11 is 0. The molecular formula is C26H33BN4O2. The number of nitrogens with zero attached hydrogens (tertiary/aromatic N) is 2. The van der Waals surface area contributed by atoms with Crippen LogP contribution in [0, 0.1) is 0 Å². The molecule has 1 amide bonds. The van der Waals surface area contributed by atoms with E-state index in [1.54, 1.807) is 7.11 Å². The molecule has 2 heterocycles. The van der Waals surface area contributed by atoms with Crippen LogP contribution in [0.25, 0.3) is 0 Å². The van der Waals surface area contributed by atoms with Gasteiger partial charge in [0.2, 0.25) is 0 Å². The van der Waals surface area contributed by atoms with Gasteiger partial charge in [-0.05, 0) is 55.9 Å². The maximum atomic E-state index is 12.4. The van der Waals surface area contributed by atoms with Crippen molar-refractivity contribution in [1.82, 2.24) is 15.4 Å². The van der Waals surface area contributed by atoms with Gasteiger partial charge < -0.3 is 20.2 Å². The summed E-state index contributed by atoms with van der Waals surface area (Å²) in [6.07, 6.45) is 8.01. The van der Waals surface area contributed by atoms with Gasteiger partial charge in [-0.1, -0.05) is 41.8 Å². The Morgan fingerprint density at radius 1 is 1.03 bits per heavy atom. The number of piperazine rings is 1. The highest BCUT2D eigenvalue weighted by Gasteiger charge is 2.19. The number of unbranched alkanes of at least 4 members (excludes halogenated alkanes) is 1. The molecule has 1 saturated heterocycles. The molecule has 2 N–H and O–H groups in total. The maximum Gasteiger partial charge on any atom is 0.312 e. The summed E-state index contributed by atoms with van der Waals surface area (Å²) in [7, 11) is 1.73. The van der Waals surface area contributed by atoms with E-state index in [1.165, 1.54) is 5.69 Å². The number of methoxy groups -OCH3 is 1. The van der Waals surface area contributed by atoms with Gasteiger partial charge >= 0.3 is 6.85 Å². The summed E-state index contributed by atoms with van der Waals surface area (Å²) in [5.74, 6) is 3.04. The molecule has 2 aromatic carbocycles. The summed E-state index contributed by atoms with van der Waals surface area (Å²) in [6.45, 7) is 6.07. The third-order valence-corrected chi connectivity index (χ3v) is 6.30. The minimum Gasteiger partial charge on any atom is -0.495 e. The predicted octanol–water partition coefficient (Wildman–Crippen LogP) is 2.44. The first-order chi connectivity index (χ1) is 16.2. The Bertz CT molecular complexity index is 969. The molecule has 2 aromatic rings. The van der Waals surface area contributed by atoms with Gasteiger partial charge in [0.1, 0.15) is 5.75 Å². The topological polar surface area (TPSA) is 56.8 Å². The molecule has 33 heavy (non-hydrogen) atoms. The lowest BCUT2D eigenvalue weighted by molar-refractivity contribution is 0.0952. The van der Waals surface area contributed by atoms with E-state index in [2.05, 4.69) is 38.5 Å². The highest BCUT2D eigenvalue weighted by molar-refractivity contribution is 6.76. The van der Waals surface area contributed by atoms with Gasteiger partial charge in [-0.25, -0.2) is 0 Å². The Balaban J connectivity index is 1.12. The number of carbonyl (C=O) groups is 1. The fourth-order valence-corrected chi connectivity index (χ4v) is 4.36. The Hall–Kier alpha value is -3.19. The average Bonchev–Trinajstić information content (AvgIpc) is 2.89. The predicted molar refractivity (Wildman–Crippen MR) is 136 cm³/mol. The Morgan fingerprint density at radius 3 is 2.55 bits per heavy atom. The number of rotatable bonds is 9. The second-order valence-corrected chi connectivity index (χ2v) is 8.47. The van der Waals surface area contributed by atoms with E-state index in [0.29, 0.717) is 12.1 Å². The number of ether oxygens (including phenoxy) is 1. The van der Waals surface area contributed by atoms with Crippen molar-refractivity contribution < 1.29 is 9.53 Å². The van der Waals surface area contributed by atoms with Crippen LogP contribution in [0.5, 0.6) is 5.75 Å². The second-order valence-electron chi connectivity index (χ2n) is 8.47. The Morgan fingerprint density at radius 2 is 1.82 bits per heavy atom. The minimum atomic E-state index is -0.000913. The summed E-state index contributed by atoms with van der Waals surface area (Å²) in [5.41, 5.74) is 3.04. The number of hydrogen-bond acceptors (Lipinski definition) is 5. The van der Waals surface area contributed by atoms with Crippen LogP contribution in [-0.2, 0) is 0 Å². The number of para-hydroxylation sites is 2. The SMILES string of the molecule is COc1ccccc1N1CCN(CCCCNC(=O)c2ccc(B3C=CC=CN3)cc2)CC1. The van der Waals surface area contributed by atoms with E-state index in [9.17, 15) is 4.79 Å². The largest absolute Gasteiger partial charge is 0.495 e. The molecule has 6 nitrogen and oxygen atoms in total. The van der Waals surface area contributed by atoms with E-state index in [1.807, 2.05) is 54.8 Å². The van der Waals surface area contributed by atoms with E-state index < -0.39 is 0 Å². The third-order valence-electron chi connectivity index (χ3n) is 6.30. The maximum absolute atomic E-state index is 12.4. The molecule has 0 unspecified atom stereocenters. The quantitative estimate of drug-likeness (QED) is 0.460. The zero-order valence-corrected chi connectivity index (χ0v) is 19.4. The van der Waals surface area contributed by atoms with Crippen LogP contribution in [0.4, 0.5) is 5.69 Å². The zero-order chi connectivity index (χ0) is 22.9. The zero-order valence-electron chi connectivity index (χ0n) is 19.4. The normalized spacial score (nSPS) is 15.9. The number of allylic oxidation sites excluding steroid dienone is 2. The molecular weight excluding hydrogens is 411 g/mol. The number of anilines is 1. The lowest BCUT2D eigenvalue weighted by Gasteiger charge is -2.36. The average molecular weight is 444 g/mol. The minimum absolute atomic E-state index is 0.000913. The monoisotopic (exact) mass is 444 g/mol. The standard InChI is InChI=1S/C26H33BN4O2/c1-33-25-9-3-2-8-24(25)31-20-18-30(19-21-31)17-7-6-15-28-26(32)22-10-12-23(13-11-22)27-14-4-5-16-29-27/h2-5,8-14,16,29H,6-7,15,17-21H2,1H3,(H,28,32). The highest BCUT2D eigenvalue weighted by atomic mass is 16.5. The number of nitrogens with one attached hydrogen (secondary N) is 2. The van der Waals surface area contributed by atoms with Crippen LogP contribution in [-0.4, -0.2) is 64.0 Å². The van der Waals surface area contributed by atoms with E-state index in [0.717, 1.165) is 56.8 Å². The highest BCUT2D eigenvalue weighted by Crippen LogP contribution is 2.28. The van der Waals surface area contributed by atoms with Gasteiger partial charge in [0.05, 0.1) is 12.8 Å². The van der Waals surface area contributed by atoms with Gasteiger partial charge in [-0.15, -0.1) is 0 Å².